The van der Waals surface area contributed by atoms with Crippen molar-refractivity contribution in [2.24, 2.45) is 0 Å². The normalized spacial score (nSPS) is 16.1. The van der Waals surface area contributed by atoms with Crippen molar-refractivity contribution in [2.45, 2.75) is 25.7 Å². The Labute approximate surface area is 139 Å². The molecule has 0 atom stereocenters. The molecule has 3 heterocycles. The molecule has 2 aromatic heterocycles. The fraction of sp³-hybridized carbons (Fsp3) is 0.333. The molecule has 1 amide bonds. The van der Waals surface area contributed by atoms with E-state index in [1.165, 1.54) is 12.8 Å². The van der Waals surface area contributed by atoms with Gasteiger partial charge >= 0.3 is 0 Å². The van der Waals surface area contributed by atoms with E-state index in [-0.39, 0.29) is 5.91 Å². The highest BCUT2D eigenvalue weighted by atomic mass is 16.2. The van der Waals surface area contributed by atoms with Crippen molar-refractivity contribution in [3.05, 3.63) is 42.4 Å². The van der Waals surface area contributed by atoms with Crippen LogP contribution in [0.25, 0.3) is 22.5 Å². The van der Waals surface area contributed by atoms with E-state index < -0.39 is 0 Å². The predicted octanol–water partition coefficient (Wildman–Crippen LogP) is 2.69. The average molecular weight is 321 g/mol. The van der Waals surface area contributed by atoms with Gasteiger partial charge in [-0.3, -0.25) is 4.79 Å². The first-order valence-corrected chi connectivity index (χ1v) is 8.39. The summed E-state index contributed by atoms with van der Waals surface area (Å²) in [5.41, 5.74) is 0.704. The Bertz CT molecular complexity index is 906. The summed E-state index contributed by atoms with van der Waals surface area (Å²) in [6.07, 6.45) is 9.66. The SMILES string of the molecule is O=C(C=Cc1nnc2c3ccccc3cnn12)N1CCCCCC1. The zero-order valence-electron chi connectivity index (χ0n) is 13.4. The smallest absolute Gasteiger partial charge is 0.246 e. The Balaban J connectivity index is 1.62. The van der Waals surface area contributed by atoms with Crippen LogP contribution in [0.3, 0.4) is 0 Å². The Morgan fingerprint density at radius 2 is 1.83 bits per heavy atom. The number of carbonyl (C=O) groups is 1. The number of aromatic nitrogens is 4. The fourth-order valence-electron chi connectivity index (χ4n) is 3.15. The van der Waals surface area contributed by atoms with E-state index in [1.54, 1.807) is 22.9 Å². The van der Waals surface area contributed by atoms with Crippen molar-refractivity contribution in [1.29, 1.82) is 0 Å². The molecule has 0 bridgehead atoms. The second-order valence-electron chi connectivity index (χ2n) is 6.10. The monoisotopic (exact) mass is 321 g/mol. The Morgan fingerprint density at radius 3 is 2.67 bits per heavy atom. The summed E-state index contributed by atoms with van der Waals surface area (Å²) in [5, 5.41) is 14.8. The van der Waals surface area contributed by atoms with Crippen LogP contribution in [0.1, 0.15) is 31.5 Å². The molecule has 1 aliphatic rings. The number of rotatable bonds is 2. The van der Waals surface area contributed by atoms with Crippen molar-refractivity contribution >= 4 is 28.4 Å². The van der Waals surface area contributed by atoms with Gasteiger partial charge in [-0.1, -0.05) is 37.1 Å². The molecular weight excluding hydrogens is 302 g/mol. The number of likely N-dealkylation sites (tertiary alicyclic amines) is 1. The molecule has 6 heteroatoms. The molecule has 1 saturated heterocycles. The summed E-state index contributed by atoms with van der Waals surface area (Å²) in [6.45, 7) is 1.68. The van der Waals surface area contributed by atoms with Gasteiger partial charge in [-0.15, -0.1) is 10.2 Å². The second-order valence-corrected chi connectivity index (χ2v) is 6.10. The van der Waals surface area contributed by atoms with Crippen molar-refractivity contribution in [3.8, 4) is 0 Å². The van der Waals surface area contributed by atoms with Crippen molar-refractivity contribution < 1.29 is 4.79 Å². The zero-order valence-corrected chi connectivity index (χ0v) is 13.4. The number of amides is 1. The first-order chi connectivity index (χ1) is 11.8. The molecule has 6 nitrogen and oxygen atoms in total. The van der Waals surface area contributed by atoms with Gasteiger partial charge in [0, 0.05) is 29.9 Å². The number of nitrogens with zero attached hydrogens (tertiary/aromatic N) is 5. The third-order valence-electron chi connectivity index (χ3n) is 4.47. The first-order valence-electron chi connectivity index (χ1n) is 8.39. The standard InChI is InChI=1S/C18H19N5O/c24-17(22-11-5-1-2-6-12-22)10-9-16-20-21-18-15-8-4-3-7-14(15)13-19-23(16)18/h3-4,7-10,13H,1-2,5-6,11-12H2. The summed E-state index contributed by atoms with van der Waals surface area (Å²) in [4.78, 5) is 14.3. The molecule has 0 N–H and O–H groups in total. The van der Waals surface area contributed by atoms with Crippen LogP contribution < -0.4 is 0 Å². The van der Waals surface area contributed by atoms with Crippen LogP contribution in [-0.4, -0.2) is 43.7 Å². The summed E-state index contributed by atoms with van der Waals surface area (Å²) >= 11 is 0. The molecule has 0 radical (unpaired) electrons. The average Bonchev–Trinajstić information content (AvgIpc) is 2.84. The second kappa shape index (κ2) is 6.39. The molecule has 1 aromatic carbocycles. The first kappa shape index (κ1) is 14.8. The van der Waals surface area contributed by atoms with Gasteiger partial charge in [-0.05, 0) is 18.9 Å². The van der Waals surface area contributed by atoms with E-state index >= 15 is 0 Å². The van der Waals surface area contributed by atoms with Crippen LogP contribution in [0.15, 0.2) is 36.5 Å². The summed E-state index contributed by atoms with van der Waals surface area (Å²) in [5.74, 6) is 0.605. The van der Waals surface area contributed by atoms with Crippen LogP contribution in [0.4, 0.5) is 0 Å². The maximum atomic E-state index is 12.4. The minimum Gasteiger partial charge on any atom is -0.339 e. The summed E-state index contributed by atoms with van der Waals surface area (Å²) in [6, 6.07) is 7.93. The number of fused-ring (bicyclic) bond motifs is 3. The molecule has 4 rings (SSSR count). The lowest BCUT2D eigenvalue weighted by Gasteiger charge is -2.17. The maximum Gasteiger partial charge on any atom is 0.246 e. The van der Waals surface area contributed by atoms with Crippen molar-refractivity contribution in [3.63, 3.8) is 0 Å². The maximum absolute atomic E-state index is 12.4. The minimum atomic E-state index is 0.0365. The summed E-state index contributed by atoms with van der Waals surface area (Å²) in [7, 11) is 0. The van der Waals surface area contributed by atoms with E-state index in [0.717, 1.165) is 36.7 Å². The van der Waals surface area contributed by atoms with Crippen molar-refractivity contribution in [2.75, 3.05) is 13.1 Å². The Kier molecular flexibility index (Phi) is 3.94. The highest BCUT2D eigenvalue weighted by molar-refractivity contribution is 5.94. The lowest BCUT2D eigenvalue weighted by Crippen LogP contribution is -2.30. The molecule has 1 fully saturated rings. The fourth-order valence-corrected chi connectivity index (χ4v) is 3.15. The summed E-state index contributed by atoms with van der Waals surface area (Å²) < 4.78 is 1.68. The number of hydrogen-bond acceptors (Lipinski definition) is 4. The van der Waals surface area contributed by atoms with E-state index in [1.807, 2.05) is 29.2 Å². The van der Waals surface area contributed by atoms with Gasteiger partial charge in [0.15, 0.2) is 11.5 Å². The third kappa shape index (κ3) is 2.75. The van der Waals surface area contributed by atoms with Crippen LogP contribution in [0, 0.1) is 0 Å². The quantitative estimate of drug-likeness (QED) is 0.681. The number of hydrogen-bond donors (Lipinski definition) is 0. The topological polar surface area (TPSA) is 63.4 Å². The van der Waals surface area contributed by atoms with E-state index in [4.69, 9.17) is 0 Å². The van der Waals surface area contributed by atoms with Gasteiger partial charge < -0.3 is 4.90 Å². The van der Waals surface area contributed by atoms with Crippen molar-refractivity contribution in [1.82, 2.24) is 24.7 Å². The van der Waals surface area contributed by atoms with Crippen LogP contribution in [0.5, 0.6) is 0 Å². The molecule has 24 heavy (non-hydrogen) atoms. The van der Waals surface area contributed by atoms with E-state index in [0.29, 0.717) is 11.5 Å². The van der Waals surface area contributed by atoms with Gasteiger partial charge in [-0.2, -0.15) is 9.61 Å². The molecule has 0 aliphatic carbocycles. The van der Waals surface area contributed by atoms with Gasteiger partial charge in [0.25, 0.3) is 0 Å². The lowest BCUT2D eigenvalue weighted by atomic mass is 10.2. The zero-order chi connectivity index (χ0) is 16.4. The third-order valence-corrected chi connectivity index (χ3v) is 4.47. The molecular formula is C18H19N5O. The van der Waals surface area contributed by atoms with Crippen LogP contribution >= 0.6 is 0 Å². The van der Waals surface area contributed by atoms with Gasteiger partial charge in [0.2, 0.25) is 5.91 Å². The largest absolute Gasteiger partial charge is 0.339 e. The molecule has 0 unspecified atom stereocenters. The highest BCUT2D eigenvalue weighted by Crippen LogP contribution is 2.17. The van der Waals surface area contributed by atoms with Gasteiger partial charge in [-0.25, -0.2) is 0 Å². The molecule has 0 saturated carbocycles. The molecule has 3 aromatic rings. The molecule has 122 valence electrons. The van der Waals surface area contributed by atoms with E-state index in [2.05, 4.69) is 15.3 Å². The Morgan fingerprint density at radius 1 is 1.04 bits per heavy atom. The van der Waals surface area contributed by atoms with E-state index in [9.17, 15) is 4.79 Å². The van der Waals surface area contributed by atoms with Crippen LogP contribution in [-0.2, 0) is 4.79 Å². The lowest BCUT2D eigenvalue weighted by molar-refractivity contribution is -0.125. The Hall–Kier alpha value is -2.76. The van der Waals surface area contributed by atoms with Crippen LogP contribution in [0.2, 0.25) is 0 Å². The molecule has 1 aliphatic heterocycles. The number of carbonyl (C=O) groups excluding carboxylic acids is 1. The minimum absolute atomic E-state index is 0.0365. The molecule has 0 spiro atoms. The number of benzene rings is 1. The van der Waals surface area contributed by atoms with Gasteiger partial charge in [0.05, 0.1) is 6.20 Å². The van der Waals surface area contributed by atoms with Gasteiger partial charge in [0.1, 0.15) is 0 Å². The highest BCUT2D eigenvalue weighted by Gasteiger charge is 2.13. The predicted molar refractivity (Wildman–Crippen MR) is 92.4 cm³/mol.